The van der Waals surface area contributed by atoms with Crippen LogP contribution in [0.15, 0.2) is 72.8 Å². The standard InChI is InChI=1S/C25H26O4/c1-3-9-23(26)28-17-15-25(16-18-29-24(27)10-4-2)21-13-7-5-11-19(21)20-12-6-8-14-22(20)25/h3-14H,15-18H2,1-2H3. The van der Waals surface area contributed by atoms with E-state index in [0.717, 1.165) is 0 Å². The summed E-state index contributed by atoms with van der Waals surface area (Å²) in [4.78, 5) is 23.6. The zero-order chi connectivity index (χ0) is 20.7. The molecule has 1 aliphatic carbocycles. The van der Waals surface area contributed by atoms with Crippen molar-refractivity contribution < 1.29 is 19.1 Å². The molecule has 0 saturated carbocycles. The summed E-state index contributed by atoms with van der Waals surface area (Å²) in [7, 11) is 0. The van der Waals surface area contributed by atoms with E-state index in [1.165, 1.54) is 34.4 Å². The SMILES string of the molecule is CC=CC(=O)OCCC1(CCOC(=O)C=CC)c2ccccc2-c2ccccc21. The van der Waals surface area contributed by atoms with Gasteiger partial charge in [-0.1, -0.05) is 60.7 Å². The van der Waals surface area contributed by atoms with Crippen molar-refractivity contribution in [2.45, 2.75) is 32.1 Å². The minimum atomic E-state index is -0.375. The molecule has 4 nitrogen and oxygen atoms in total. The molecule has 0 spiro atoms. The second-order valence-corrected chi connectivity index (χ2v) is 7.01. The summed E-state index contributed by atoms with van der Waals surface area (Å²) in [6.07, 6.45) is 7.40. The zero-order valence-electron chi connectivity index (χ0n) is 16.9. The van der Waals surface area contributed by atoms with Gasteiger partial charge in [-0.3, -0.25) is 0 Å². The van der Waals surface area contributed by atoms with Crippen LogP contribution in [0, 0.1) is 0 Å². The van der Waals surface area contributed by atoms with Crippen molar-refractivity contribution in [3.63, 3.8) is 0 Å². The van der Waals surface area contributed by atoms with Crippen LogP contribution in [0.2, 0.25) is 0 Å². The highest BCUT2D eigenvalue weighted by atomic mass is 16.5. The van der Waals surface area contributed by atoms with Crippen molar-refractivity contribution in [3.8, 4) is 11.1 Å². The number of fused-ring (bicyclic) bond motifs is 3. The maximum atomic E-state index is 11.8. The lowest BCUT2D eigenvalue weighted by Crippen LogP contribution is -2.30. The molecular weight excluding hydrogens is 364 g/mol. The van der Waals surface area contributed by atoms with Gasteiger partial charge in [0.25, 0.3) is 0 Å². The number of carbonyl (C=O) groups excluding carboxylic acids is 2. The molecular formula is C25H26O4. The molecule has 0 heterocycles. The van der Waals surface area contributed by atoms with E-state index in [9.17, 15) is 9.59 Å². The Morgan fingerprint density at radius 1 is 0.759 bits per heavy atom. The van der Waals surface area contributed by atoms with Crippen molar-refractivity contribution >= 4 is 11.9 Å². The lowest BCUT2D eigenvalue weighted by Gasteiger charge is -2.32. The van der Waals surface area contributed by atoms with Crippen LogP contribution in [0.25, 0.3) is 11.1 Å². The summed E-state index contributed by atoms with van der Waals surface area (Å²) in [5, 5.41) is 0. The number of esters is 2. The first-order valence-corrected chi connectivity index (χ1v) is 9.90. The zero-order valence-corrected chi connectivity index (χ0v) is 16.9. The van der Waals surface area contributed by atoms with Gasteiger partial charge in [0.05, 0.1) is 13.2 Å². The Hall–Kier alpha value is -3.14. The van der Waals surface area contributed by atoms with Gasteiger partial charge in [-0.25, -0.2) is 9.59 Å². The monoisotopic (exact) mass is 390 g/mol. The number of hydrogen-bond acceptors (Lipinski definition) is 4. The summed E-state index contributed by atoms with van der Waals surface area (Å²) in [6, 6.07) is 16.6. The van der Waals surface area contributed by atoms with Gasteiger partial charge in [0, 0.05) is 17.6 Å². The van der Waals surface area contributed by atoms with E-state index in [1.807, 2.05) is 24.3 Å². The topological polar surface area (TPSA) is 52.6 Å². The van der Waals surface area contributed by atoms with Gasteiger partial charge in [0.15, 0.2) is 0 Å². The maximum Gasteiger partial charge on any atom is 0.330 e. The van der Waals surface area contributed by atoms with E-state index >= 15 is 0 Å². The largest absolute Gasteiger partial charge is 0.462 e. The van der Waals surface area contributed by atoms with E-state index in [4.69, 9.17) is 9.47 Å². The average Bonchev–Trinajstić information content (AvgIpc) is 2.99. The van der Waals surface area contributed by atoms with Gasteiger partial charge in [-0.15, -0.1) is 0 Å². The predicted octanol–water partition coefficient (Wildman–Crippen LogP) is 4.97. The smallest absolute Gasteiger partial charge is 0.330 e. The van der Waals surface area contributed by atoms with Gasteiger partial charge in [-0.05, 0) is 48.9 Å². The van der Waals surface area contributed by atoms with Gasteiger partial charge >= 0.3 is 11.9 Å². The van der Waals surface area contributed by atoms with Crippen molar-refractivity contribution in [1.82, 2.24) is 0 Å². The third-order valence-electron chi connectivity index (χ3n) is 5.33. The first-order valence-electron chi connectivity index (χ1n) is 9.90. The van der Waals surface area contributed by atoms with E-state index in [2.05, 4.69) is 24.3 Å². The Morgan fingerprint density at radius 3 is 1.59 bits per heavy atom. The molecule has 0 unspecified atom stereocenters. The Kier molecular flexibility index (Phi) is 6.65. The lowest BCUT2D eigenvalue weighted by molar-refractivity contribution is -0.138. The fraction of sp³-hybridized carbons (Fsp3) is 0.280. The fourth-order valence-electron chi connectivity index (χ4n) is 4.10. The van der Waals surface area contributed by atoms with Crippen molar-refractivity contribution in [3.05, 3.63) is 84.0 Å². The number of hydrogen-bond donors (Lipinski definition) is 0. The van der Waals surface area contributed by atoms with Crippen LogP contribution < -0.4 is 0 Å². The third-order valence-corrected chi connectivity index (χ3v) is 5.33. The van der Waals surface area contributed by atoms with Crippen LogP contribution in [-0.4, -0.2) is 25.2 Å². The van der Waals surface area contributed by atoms with Crippen LogP contribution >= 0.6 is 0 Å². The molecule has 29 heavy (non-hydrogen) atoms. The number of ether oxygens (including phenoxy) is 2. The summed E-state index contributed by atoms with van der Waals surface area (Å²) < 4.78 is 10.8. The van der Waals surface area contributed by atoms with Gasteiger partial charge in [0.2, 0.25) is 0 Å². The van der Waals surface area contributed by atoms with Crippen LogP contribution in [0.5, 0.6) is 0 Å². The van der Waals surface area contributed by atoms with E-state index in [1.54, 1.807) is 26.0 Å². The van der Waals surface area contributed by atoms with Gasteiger partial charge in [-0.2, -0.15) is 0 Å². The highest BCUT2D eigenvalue weighted by molar-refractivity contribution is 5.83. The van der Waals surface area contributed by atoms with Crippen molar-refractivity contribution in [2.24, 2.45) is 0 Å². The molecule has 0 radical (unpaired) electrons. The molecule has 0 bridgehead atoms. The van der Waals surface area contributed by atoms with Crippen molar-refractivity contribution in [2.75, 3.05) is 13.2 Å². The van der Waals surface area contributed by atoms with Crippen molar-refractivity contribution in [1.29, 1.82) is 0 Å². The van der Waals surface area contributed by atoms with Gasteiger partial charge in [0.1, 0.15) is 0 Å². The molecule has 0 N–H and O–H groups in total. The minimum Gasteiger partial charge on any atom is -0.462 e. The van der Waals surface area contributed by atoms with Gasteiger partial charge < -0.3 is 9.47 Å². The maximum absolute atomic E-state index is 11.8. The molecule has 0 aromatic heterocycles. The molecule has 0 saturated heterocycles. The molecule has 2 aromatic carbocycles. The Balaban J connectivity index is 1.92. The van der Waals surface area contributed by atoms with E-state index < -0.39 is 0 Å². The molecule has 2 aromatic rings. The summed E-state index contributed by atoms with van der Waals surface area (Å²) in [5.41, 5.74) is 4.36. The number of rotatable bonds is 8. The van der Waals surface area contributed by atoms with E-state index in [-0.39, 0.29) is 30.6 Å². The number of benzene rings is 2. The average molecular weight is 390 g/mol. The van der Waals surface area contributed by atoms with Crippen LogP contribution in [0.3, 0.4) is 0 Å². The fourth-order valence-corrected chi connectivity index (χ4v) is 4.10. The minimum absolute atomic E-state index is 0.286. The normalized spacial score (nSPS) is 14.0. The molecule has 0 amide bonds. The molecule has 0 aliphatic heterocycles. The van der Waals surface area contributed by atoms with E-state index in [0.29, 0.717) is 12.8 Å². The number of allylic oxidation sites excluding steroid dienone is 2. The summed E-state index contributed by atoms with van der Waals surface area (Å²) >= 11 is 0. The predicted molar refractivity (Wildman–Crippen MR) is 113 cm³/mol. The Morgan fingerprint density at radius 2 is 1.17 bits per heavy atom. The summed E-state index contributed by atoms with van der Waals surface area (Å²) in [5.74, 6) is -0.691. The first kappa shape index (κ1) is 20.6. The molecule has 1 aliphatic rings. The quantitative estimate of drug-likeness (QED) is 0.472. The third kappa shape index (κ3) is 4.32. The van der Waals surface area contributed by atoms with Crippen LogP contribution in [0.4, 0.5) is 0 Å². The molecule has 3 rings (SSSR count). The van der Waals surface area contributed by atoms with Crippen LogP contribution in [-0.2, 0) is 24.5 Å². The molecule has 4 heteroatoms. The second-order valence-electron chi connectivity index (χ2n) is 7.01. The second kappa shape index (κ2) is 9.37. The Bertz CT molecular complexity index is 862. The molecule has 150 valence electrons. The van der Waals surface area contributed by atoms with Crippen LogP contribution in [0.1, 0.15) is 37.8 Å². The molecule has 0 fully saturated rings. The summed E-state index contributed by atoms with van der Waals surface area (Å²) in [6.45, 7) is 4.14. The first-order chi connectivity index (χ1) is 14.1. The molecule has 0 atom stereocenters. The Labute approximate surface area is 171 Å². The highest BCUT2D eigenvalue weighted by Crippen LogP contribution is 2.52. The lowest BCUT2D eigenvalue weighted by atomic mass is 9.73. The highest BCUT2D eigenvalue weighted by Gasteiger charge is 2.42. The number of carbonyl (C=O) groups is 2.